The molecule has 1 aromatic rings. The van der Waals surface area contributed by atoms with Crippen molar-refractivity contribution in [2.24, 2.45) is 0 Å². The lowest BCUT2D eigenvalue weighted by Crippen LogP contribution is -2.02. The van der Waals surface area contributed by atoms with Crippen molar-refractivity contribution in [2.45, 2.75) is 6.42 Å². The van der Waals surface area contributed by atoms with Gasteiger partial charge in [0, 0.05) is 21.4 Å². The minimum Gasteiger partial charge on any atom is -0.294 e. The van der Waals surface area contributed by atoms with Gasteiger partial charge in [0.05, 0.1) is 0 Å². The predicted octanol–water partition coefficient (Wildman–Crippen LogP) is 3.24. The number of rotatable bonds is 3. The van der Waals surface area contributed by atoms with Crippen LogP contribution in [0.5, 0.6) is 0 Å². The summed E-state index contributed by atoms with van der Waals surface area (Å²) in [5, 5.41) is 0. The molecular weight excluding hydrogens is 305 g/mol. The van der Waals surface area contributed by atoms with Gasteiger partial charge in [0.2, 0.25) is 0 Å². The molecule has 0 saturated carbocycles. The first kappa shape index (κ1) is 10.9. The molecular formula is C9H7ClFIO. The van der Waals surface area contributed by atoms with Crippen LogP contribution in [0, 0.1) is 9.39 Å². The minimum absolute atomic E-state index is 0.112. The van der Waals surface area contributed by atoms with Gasteiger partial charge in [-0.15, -0.1) is 11.6 Å². The second-order valence-electron chi connectivity index (χ2n) is 2.49. The Morgan fingerprint density at radius 1 is 1.54 bits per heavy atom. The summed E-state index contributed by atoms with van der Waals surface area (Å²) in [6, 6.07) is 4.16. The Labute approximate surface area is 94.4 Å². The molecule has 13 heavy (non-hydrogen) atoms. The Morgan fingerprint density at radius 2 is 2.23 bits per heavy atom. The molecule has 1 aromatic carbocycles. The van der Waals surface area contributed by atoms with E-state index < -0.39 is 5.82 Å². The van der Waals surface area contributed by atoms with Gasteiger partial charge in [-0.3, -0.25) is 4.79 Å². The highest BCUT2D eigenvalue weighted by atomic mass is 127. The van der Waals surface area contributed by atoms with Crippen LogP contribution in [-0.4, -0.2) is 11.7 Å². The van der Waals surface area contributed by atoms with E-state index in [1.54, 1.807) is 6.07 Å². The van der Waals surface area contributed by atoms with Crippen LogP contribution in [0.2, 0.25) is 0 Å². The van der Waals surface area contributed by atoms with E-state index in [1.807, 2.05) is 22.6 Å². The standard InChI is InChI=1S/C9H7ClFIO/c10-4-3-9(13)7-5-6(11)1-2-8(7)12/h1-2,5H,3-4H2. The van der Waals surface area contributed by atoms with Gasteiger partial charge in [-0.25, -0.2) is 4.39 Å². The number of benzene rings is 1. The quantitative estimate of drug-likeness (QED) is 0.476. The molecule has 0 heterocycles. The van der Waals surface area contributed by atoms with Gasteiger partial charge in [-0.2, -0.15) is 0 Å². The number of carbonyl (C=O) groups excluding carboxylic acids is 1. The molecule has 0 aliphatic carbocycles. The van der Waals surface area contributed by atoms with E-state index in [1.165, 1.54) is 12.1 Å². The van der Waals surface area contributed by atoms with Gasteiger partial charge < -0.3 is 0 Å². The third-order valence-electron chi connectivity index (χ3n) is 1.55. The fourth-order valence-corrected chi connectivity index (χ4v) is 1.74. The lowest BCUT2D eigenvalue weighted by atomic mass is 10.1. The van der Waals surface area contributed by atoms with E-state index >= 15 is 0 Å². The van der Waals surface area contributed by atoms with Crippen LogP contribution >= 0.6 is 34.2 Å². The van der Waals surface area contributed by atoms with E-state index in [0.29, 0.717) is 5.56 Å². The van der Waals surface area contributed by atoms with Gasteiger partial charge in [0.15, 0.2) is 5.78 Å². The van der Waals surface area contributed by atoms with Crippen LogP contribution in [0.3, 0.4) is 0 Å². The van der Waals surface area contributed by atoms with Crippen molar-refractivity contribution < 1.29 is 9.18 Å². The maximum atomic E-state index is 12.8. The second-order valence-corrected chi connectivity index (χ2v) is 4.03. The van der Waals surface area contributed by atoms with Crippen molar-refractivity contribution in [1.82, 2.24) is 0 Å². The monoisotopic (exact) mass is 312 g/mol. The lowest BCUT2D eigenvalue weighted by Gasteiger charge is -2.01. The van der Waals surface area contributed by atoms with Gasteiger partial charge >= 0.3 is 0 Å². The summed E-state index contributed by atoms with van der Waals surface area (Å²) in [6.45, 7) is 0. The molecule has 0 radical (unpaired) electrons. The van der Waals surface area contributed by atoms with E-state index in [-0.39, 0.29) is 18.1 Å². The summed E-state index contributed by atoms with van der Waals surface area (Å²) >= 11 is 7.42. The number of hydrogen-bond donors (Lipinski definition) is 0. The van der Waals surface area contributed by atoms with Gasteiger partial charge in [-0.05, 0) is 40.8 Å². The molecule has 1 nitrogen and oxygen atoms in total. The highest BCUT2D eigenvalue weighted by Gasteiger charge is 2.09. The van der Waals surface area contributed by atoms with E-state index in [0.717, 1.165) is 3.57 Å². The van der Waals surface area contributed by atoms with Crippen LogP contribution in [0.4, 0.5) is 4.39 Å². The molecule has 0 aliphatic rings. The summed E-state index contributed by atoms with van der Waals surface area (Å²) in [5.74, 6) is -0.233. The SMILES string of the molecule is O=C(CCCl)c1cc(F)ccc1I. The fraction of sp³-hybridized carbons (Fsp3) is 0.222. The number of ketones is 1. The zero-order valence-electron chi connectivity index (χ0n) is 6.69. The lowest BCUT2D eigenvalue weighted by molar-refractivity contribution is 0.0988. The number of carbonyl (C=O) groups is 1. The van der Waals surface area contributed by atoms with Crippen LogP contribution in [0.1, 0.15) is 16.8 Å². The first-order valence-electron chi connectivity index (χ1n) is 3.69. The molecule has 4 heteroatoms. The molecule has 1 rings (SSSR count). The zero-order chi connectivity index (χ0) is 9.84. The summed E-state index contributed by atoms with van der Waals surface area (Å²) in [4.78, 5) is 11.4. The Bertz CT molecular complexity index is 327. The Balaban J connectivity index is 2.99. The average Bonchev–Trinajstić information content (AvgIpc) is 2.09. The van der Waals surface area contributed by atoms with Gasteiger partial charge in [0.25, 0.3) is 0 Å². The maximum Gasteiger partial charge on any atom is 0.165 e. The molecule has 0 amide bonds. The average molecular weight is 313 g/mol. The Morgan fingerprint density at radius 3 is 2.85 bits per heavy atom. The molecule has 0 N–H and O–H groups in total. The number of halogens is 3. The van der Waals surface area contributed by atoms with Gasteiger partial charge in [0.1, 0.15) is 5.82 Å². The maximum absolute atomic E-state index is 12.8. The molecule has 0 unspecified atom stereocenters. The number of alkyl halides is 1. The van der Waals surface area contributed by atoms with Crippen molar-refractivity contribution in [3.63, 3.8) is 0 Å². The molecule has 0 atom stereocenters. The predicted molar refractivity (Wildman–Crippen MR) is 58.8 cm³/mol. The summed E-state index contributed by atoms with van der Waals surface area (Å²) in [6.07, 6.45) is 0.251. The smallest absolute Gasteiger partial charge is 0.165 e. The largest absolute Gasteiger partial charge is 0.294 e. The summed E-state index contributed by atoms with van der Waals surface area (Å²) in [7, 11) is 0. The highest BCUT2D eigenvalue weighted by molar-refractivity contribution is 14.1. The Hall–Kier alpha value is -0.160. The number of Topliss-reactive ketones (excluding diaryl/α,β-unsaturated/α-hetero) is 1. The van der Waals surface area contributed by atoms with Crippen LogP contribution in [0.25, 0.3) is 0 Å². The van der Waals surface area contributed by atoms with Crippen molar-refractivity contribution in [1.29, 1.82) is 0 Å². The second kappa shape index (κ2) is 4.91. The number of hydrogen-bond acceptors (Lipinski definition) is 1. The summed E-state index contributed by atoms with van der Waals surface area (Å²) in [5.41, 5.74) is 0.418. The fourth-order valence-electron chi connectivity index (χ4n) is 0.932. The van der Waals surface area contributed by atoms with E-state index in [4.69, 9.17) is 11.6 Å². The van der Waals surface area contributed by atoms with Crippen LogP contribution < -0.4 is 0 Å². The Kier molecular flexibility index (Phi) is 4.12. The molecule has 0 bridgehead atoms. The molecule has 0 aliphatic heterocycles. The third kappa shape index (κ3) is 2.91. The normalized spacial score (nSPS) is 10.1. The topological polar surface area (TPSA) is 17.1 Å². The van der Waals surface area contributed by atoms with Crippen molar-refractivity contribution in [2.75, 3.05) is 5.88 Å². The van der Waals surface area contributed by atoms with Gasteiger partial charge in [-0.1, -0.05) is 0 Å². The molecule has 0 saturated heterocycles. The molecule has 70 valence electrons. The van der Waals surface area contributed by atoms with Crippen LogP contribution in [-0.2, 0) is 0 Å². The van der Waals surface area contributed by atoms with E-state index in [9.17, 15) is 9.18 Å². The van der Waals surface area contributed by atoms with Crippen molar-refractivity contribution in [3.8, 4) is 0 Å². The zero-order valence-corrected chi connectivity index (χ0v) is 9.60. The molecule has 0 fully saturated rings. The summed E-state index contributed by atoms with van der Waals surface area (Å²) < 4.78 is 13.5. The third-order valence-corrected chi connectivity index (χ3v) is 2.68. The van der Waals surface area contributed by atoms with Crippen molar-refractivity contribution in [3.05, 3.63) is 33.1 Å². The molecule has 0 spiro atoms. The highest BCUT2D eigenvalue weighted by Crippen LogP contribution is 2.15. The molecule has 0 aromatic heterocycles. The van der Waals surface area contributed by atoms with Crippen molar-refractivity contribution >= 4 is 40.0 Å². The minimum atomic E-state index is -0.390. The van der Waals surface area contributed by atoms with Crippen LogP contribution in [0.15, 0.2) is 18.2 Å². The first-order valence-corrected chi connectivity index (χ1v) is 5.30. The first-order chi connectivity index (χ1) is 6.15. The van der Waals surface area contributed by atoms with E-state index in [2.05, 4.69) is 0 Å².